The third-order valence-corrected chi connectivity index (χ3v) is 3.29. The summed E-state index contributed by atoms with van der Waals surface area (Å²) >= 11 is 0. The molecule has 0 radical (unpaired) electrons. The van der Waals surface area contributed by atoms with E-state index in [4.69, 9.17) is 0 Å². The highest BCUT2D eigenvalue weighted by Crippen LogP contribution is 2.23. The minimum Gasteiger partial charge on any atom is -0.356 e. The van der Waals surface area contributed by atoms with Gasteiger partial charge in [0.25, 0.3) is 0 Å². The zero-order valence-electron chi connectivity index (χ0n) is 12.6. The van der Waals surface area contributed by atoms with E-state index in [1.807, 2.05) is 7.05 Å². The molecule has 1 atom stereocenters. The van der Waals surface area contributed by atoms with Gasteiger partial charge in [-0.2, -0.15) is 0 Å². The fraction of sp³-hybridized carbons (Fsp3) is 0.562. The van der Waals surface area contributed by atoms with Crippen molar-refractivity contribution in [2.24, 2.45) is 10.9 Å². The smallest absolute Gasteiger partial charge is 0.190 e. The average molecular weight is 261 g/mol. The van der Waals surface area contributed by atoms with Crippen molar-refractivity contribution in [2.45, 2.75) is 33.1 Å². The zero-order chi connectivity index (χ0) is 14.1. The number of nitrogens with zero attached hydrogens (tertiary/aromatic N) is 1. The first-order valence-electron chi connectivity index (χ1n) is 7.18. The molecule has 1 aromatic rings. The van der Waals surface area contributed by atoms with Crippen molar-refractivity contribution in [1.82, 2.24) is 10.6 Å². The van der Waals surface area contributed by atoms with Crippen LogP contribution in [0.1, 0.15) is 38.7 Å². The first-order chi connectivity index (χ1) is 9.19. The molecular weight excluding hydrogens is 234 g/mol. The molecule has 0 aromatic heterocycles. The van der Waals surface area contributed by atoms with E-state index in [1.165, 1.54) is 5.56 Å². The molecule has 1 aromatic carbocycles. The summed E-state index contributed by atoms with van der Waals surface area (Å²) in [6.45, 7) is 8.55. The van der Waals surface area contributed by atoms with Crippen LogP contribution in [0, 0.1) is 5.92 Å². The molecule has 0 saturated heterocycles. The van der Waals surface area contributed by atoms with E-state index in [2.05, 4.69) is 66.7 Å². The second kappa shape index (κ2) is 8.57. The van der Waals surface area contributed by atoms with Gasteiger partial charge in [-0.1, -0.05) is 51.1 Å². The maximum absolute atomic E-state index is 4.24. The average Bonchev–Trinajstić information content (AvgIpc) is 2.43. The fourth-order valence-corrected chi connectivity index (χ4v) is 2.11. The molecule has 0 saturated carbocycles. The predicted molar refractivity (Wildman–Crippen MR) is 83.7 cm³/mol. The van der Waals surface area contributed by atoms with Gasteiger partial charge < -0.3 is 10.6 Å². The summed E-state index contributed by atoms with van der Waals surface area (Å²) in [6.07, 6.45) is 1.10. The molecule has 1 unspecified atom stereocenters. The van der Waals surface area contributed by atoms with Crippen LogP contribution in [-0.2, 0) is 0 Å². The molecule has 3 heteroatoms. The number of aliphatic imine (C=N–C) groups is 1. The van der Waals surface area contributed by atoms with Gasteiger partial charge in [0.2, 0.25) is 0 Å². The summed E-state index contributed by atoms with van der Waals surface area (Å²) in [5, 5.41) is 6.73. The van der Waals surface area contributed by atoms with Gasteiger partial charge in [-0.15, -0.1) is 0 Å². The lowest BCUT2D eigenvalue weighted by molar-refractivity contribution is 0.488. The summed E-state index contributed by atoms with van der Waals surface area (Å²) in [5.41, 5.74) is 1.39. The molecule has 0 amide bonds. The molecule has 0 heterocycles. The van der Waals surface area contributed by atoms with Gasteiger partial charge in [0.15, 0.2) is 5.96 Å². The van der Waals surface area contributed by atoms with Crippen LogP contribution in [0.15, 0.2) is 35.3 Å². The minimum absolute atomic E-state index is 0.501. The first-order valence-corrected chi connectivity index (χ1v) is 7.18. The van der Waals surface area contributed by atoms with Gasteiger partial charge in [-0.3, -0.25) is 4.99 Å². The molecular formula is C16H27N3. The summed E-state index contributed by atoms with van der Waals surface area (Å²) in [5.74, 6) is 1.99. The molecule has 2 N–H and O–H groups in total. The summed E-state index contributed by atoms with van der Waals surface area (Å²) in [7, 11) is 1.82. The van der Waals surface area contributed by atoms with E-state index in [1.54, 1.807) is 0 Å². The van der Waals surface area contributed by atoms with Gasteiger partial charge in [-0.25, -0.2) is 0 Å². The molecule has 1 rings (SSSR count). The minimum atomic E-state index is 0.501. The van der Waals surface area contributed by atoms with Crippen molar-refractivity contribution in [2.75, 3.05) is 20.1 Å². The summed E-state index contributed by atoms with van der Waals surface area (Å²) < 4.78 is 0. The molecule has 0 aliphatic carbocycles. The van der Waals surface area contributed by atoms with E-state index in [9.17, 15) is 0 Å². The Morgan fingerprint density at radius 1 is 1.16 bits per heavy atom. The van der Waals surface area contributed by atoms with Crippen LogP contribution in [-0.4, -0.2) is 26.1 Å². The molecule has 0 aliphatic rings. The monoisotopic (exact) mass is 261 g/mol. The molecule has 0 spiro atoms. The lowest BCUT2D eigenvalue weighted by Crippen LogP contribution is -2.40. The SMILES string of the molecule is CCCNC(=NC)NCC(c1ccccc1)C(C)C. The van der Waals surface area contributed by atoms with Crippen LogP contribution in [0.3, 0.4) is 0 Å². The number of benzene rings is 1. The van der Waals surface area contributed by atoms with Crippen LogP contribution in [0.5, 0.6) is 0 Å². The van der Waals surface area contributed by atoms with Crippen molar-refractivity contribution < 1.29 is 0 Å². The predicted octanol–water partition coefficient (Wildman–Crippen LogP) is 3.00. The third-order valence-electron chi connectivity index (χ3n) is 3.29. The maximum Gasteiger partial charge on any atom is 0.190 e. The van der Waals surface area contributed by atoms with E-state index >= 15 is 0 Å². The van der Waals surface area contributed by atoms with E-state index in [0.29, 0.717) is 11.8 Å². The van der Waals surface area contributed by atoms with Crippen molar-refractivity contribution >= 4 is 5.96 Å². The third kappa shape index (κ3) is 5.33. The Morgan fingerprint density at radius 2 is 1.84 bits per heavy atom. The number of hydrogen-bond acceptors (Lipinski definition) is 1. The highest BCUT2D eigenvalue weighted by molar-refractivity contribution is 5.79. The molecule has 0 bridgehead atoms. The lowest BCUT2D eigenvalue weighted by Gasteiger charge is -2.23. The second-order valence-corrected chi connectivity index (χ2v) is 5.14. The van der Waals surface area contributed by atoms with Crippen LogP contribution in [0.4, 0.5) is 0 Å². The normalized spacial score (nSPS) is 13.4. The van der Waals surface area contributed by atoms with Crippen LogP contribution >= 0.6 is 0 Å². The number of hydrogen-bond donors (Lipinski definition) is 2. The number of guanidine groups is 1. The van der Waals surface area contributed by atoms with Gasteiger partial charge >= 0.3 is 0 Å². The highest BCUT2D eigenvalue weighted by atomic mass is 15.2. The Morgan fingerprint density at radius 3 is 2.37 bits per heavy atom. The van der Waals surface area contributed by atoms with Gasteiger partial charge in [0, 0.05) is 26.1 Å². The van der Waals surface area contributed by atoms with Crippen LogP contribution in [0.2, 0.25) is 0 Å². The van der Waals surface area contributed by atoms with Crippen molar-refractivity contribution in [3.05, 3.63) is 35.9 Å². The van der Waals surface area contributed by atoms with Crippen molar-refractivity contribution in [3.8, 4) is 0 Å². The summed E-state index contributed by atoms with van der Waals surface area (Å²) in [6, 6.07) is 10.7. The molecule has 3 nitrogen and oxygen atoms in total. The highest BCUT2D eigenvalue weighted by Gasteiger charge is 2.15. The Balaban J connectivity index is 2.60. The Labute approximate surface area is 117 Å². The summed E-state index contributed by atoms with van der Waals surface area (Å²) in [4.78, 5) is 4.24. The van der Waals surface area contributed by atoms with E-state index < -0.39 is 0 Å². The van der Waals surface area contributed by atoms with Crippen LogP contribution in [0.25, 0.3) is 0 Å². The quantitative estimate of drug-likeness (QED) is 0.610. The molecule has 19 heavy (non-hydrogen) atoms. The van der Waals surface area contributed by atoms with E-state index in [-0.39, 0.29) is 0 Å². The van der Waals surface area contributed by atoms with E-state index in [0.717, 1.165) is 25.5 Å². The van der Waals surface area contributed by atoms with Crippen LogP contribution < -0.4 is 10.6 Å². The number of nitrogens with one attached hydrogen (secondary N) is 2. The molecule has 0 aliphatic heterocycles. The van der Waals surface area contributed by atoms with Crippen molar-refractivity contribution in [1.29, 1.82) is 0 Å². The van der Waals surface area contributed by atoms with Gasteiger partial charge in [0.1, 0.15) is 0 Å². The standard InChI is InChI=1S/C16H27N3/c1-5-11-18-16(17-4)19-12-15(13(2)3)14-9-7-6-8-10-14/h6-10,13,15H,5,11-12H2,1-4H3,(H2,17,18,19). The Hall–Kier alpha value is -1.51. The lowest BCUT2D eigenvalue weighted by atomic mass is 9.88. The molecule has 0 fully saturated rings. The Kier molecular flexibility index (Phi) is 7.01. The zero-order valence-corrected chi connectivity index (χ0v) is 12.6. The maximum atomic E-state index is 4.24. The molecule has 106 valence electrons. The largest absolute Gasteiger partial charge is 0.356 e. The Bertz CT molecular complexity index is 371. The first kappa shape index (κ1) is 15.5. The topological polar surface area (TPSA) is 36.4 Å². The van der Waals surface area contributed by atoms with Gasteiger partial charge in [-0.05, 0) is 17.9 Å². The second-order valence-electron chi connectivity index (χ2n) is 5.14. The van der Waals surface area contributed by atoms with Crippen molar-refractivity contribution in [3.63, 3.8) is 0 Å². The van der Waals surface area contributed by atoms with Gasteiger partial charge in [0.05, 0.1) is 0 Å². The number of rotatable bonds is 6. The fourth-order valence-electron chi connectivity index (χ4n) is 2.11.